The van der Waals surface area contributed by atoms with Crippen molar-refractivity contribution in [3.05, 3.63) is 54.0 Å². The van der Waals surface area contributed by atoms with Gasteiger partial charge in [0, 0.05) is 6.04 Å². The highest BCUT2D eigenvalue weighted by atomic mass is 32.2. The predicted molar refractivity (Wildman–Crippen MR) is 98.0 cm³/mol. The molecule has 0 spiro atoms. The number of benzene rings is 1. The van der Waals surface area contributed by atoms with E-state index < -0.39 is 16.1 Å². The van der Waals surface area contributed by atoms with E-state index in [4.69, 9.17) is 4.42 Å². The number of aryl methyl sites for hydroxylation is 1. The molecule has 1 fully saturated rings. The maximum absolute atomic E-state index is 12.7. The van der Waals surface area contributed by atoms with Crippen molar-refractivity contribution in [2.45, 2.75) is 56.0 Å². The number of rotatable bonds is 7. The van der Waals surface area contributed by atoms with Crippen LogP contribution in [0.25, 0.3) is 0 Å². The normalized spacial score (nSPS) is 16.5. The maximum atomic E-state index is 12.7. The average Bonchev–Trinajstić information content (AvgIpc) is 3.28. The summed E-state index contributed by atoms with van der Waals surface area (Å²) in [7, 11) is -3.77. The molecule has 0 radical (unpaired) electrons. The average molecular weight is 376 g/mol. The van der Waals surface area contributed by atoms with Crippen LogP contribution in [0, 0.1) is 6.92 Å². The summed E-state index contributed by atoms with van der Waals surface area (Å²) in [6.07, 6.45) is 5.66. The van der Waals surface area contributed by atoms with Crippen molar-refractivity contribution < 1.29 is 17.6 Å². The molecule has 1 atom stereocenters. The Balaban J connectivity index is 1.73. The fraction of sp³-hybridized carbons (Fsp3) is 0.421. The lowest BCUT2D eigenvalue weighted by Gasteiger charge is -2.18. The minimum atomic E-state index is -3.77. The molecule has 1 aliphatic carbocycles. The Morgan fingerprint density at radius 2 is 1.88 bits per heavy atom. The summed E-state index contributed by atoms with van der Waals surface area (Å²) in [5.41, 5.74) is 0.975. The lowest BCUT2D eigenvalue weighted by Crippen LogP contribution is -2.37. The Morgan fingerprint density at radius 1 is 1.19 bits per heavy atom. The molecule has 1 amide bonds. The summed E-state index contributed by atoms with van der Waals surface area (Å²) in [5.74, 6) is 0.243. The second kappa shape index (κ2) is 8.05. The van der Waals surface area contributed by atoms with Crippen molar-refractivity contribution in [3.8, 4) is 0 Å². The van der Waals surface area contributed by atoms with E-state index in [2.05, 4.69) is 10.0 Å². The molecule has 0 saturated heterocycles. The van der Waals surface area contributed by atoms with E-state index in [1.807, 2.05) is 6.92 Å². The second-order valence-corrected chi connectivity index (χ2v) is 8.47. The van der Waals surface area contributed by atoms with Gasteiger partial charge in [-0.2, -0.15) is 4.72 Å². The molecule has 6 nitrogen and oxygen atoms in total. The number of amides is 1. The van der Waals surface area contributed by atoms with E-state index in [0.717, 1.165) is 31.2 Å². The quantitative estimate of drug-likeness (QED) is 0.777. The van der Waals surface area contributed by atoms with Crippen molar-refractivity contribution in [1.29, 1.82) is 0 Å². The number of sulfonamides is 1. The molecule has 1 heterocycles. The van der Waals surface area contributed by atoms with Gasteiger partial charge in [0.25, 0.3) is 0 Å². The number of hydrogen-bond acceptors (Lipinski definition) is 4. The fourth-order valence-electron chi connectivity index (χ4n) is 3.20. The standard InChI is InChI=1S/C19H24N2O4S/c1-14-8-10-16(11-9-14)26(23,24)21-17(18-7-4-12-25-18)13-19(22)20-15-5-2-3-6-15/h4,7-12,15,17,21H,2-3,5-6,13H2,1H3,(H,20,22)/t17-/m1/s1. The van der Waals surface area contributed by atoms with Crippen LogP contribution in [0.3, 0.4) is 0 Å². The summed E-state index contributed by atoms with van der Waals surface area (Å²) in [6, 6.07) is 9.37. The Kier molecular flexibility index (Phi) is 5.78. The number of carbonyl (C=O) groups excluding carboxylic acids is 1. The monoisotopic (exact) mass is 376 g/mol. The van der Waals surface area contributed by atoms with Gasteiger partial charge in [-0.15, -0.1) is 0 Å². The number of furan rings is 1. The van der Waals surface area contributed by atoms with E-state index >= 15 is 0 Å². The number of hydrogen-bond donors (Lipinski definition) is 2. The molecule has 1 aliphatic rings. The van der Waals surface area contributed by atoms with Crippen LogP contribution in [0.4, 0.5) is 0 Å². The summed E-state index contributed by atoms with van der Waals surface area (Å²) >= 11 is 0. The molecule has 0 bridgehead atoms. The van der Waals surface area contributed by atoms with Crippen LogP contribution in [0.2, 0.25) is 0 Å². The third-order valence-electron chi connectivity index (χ3n) is 4.63. The molecule has 26 heavy (non-hydrogen) atoms. The molecular formula is C19H24N2O4S. The third-order valence-corrected chi connectivity index (χ3v) is 6.11. The van der Waals surface area contributed by atoms with Crippen molar-refractivity contribution in [3.63, 3.8) is 0 Å². The van der Waals surface area contributed by atoms with Gasteiger partial charge < -0.3 is 9.73 Å². The number of carbonyl (C=O) groups is 1. The summed E-state index contributed by atoms with van der Waals surface area (Å²) < 4.78 is 33.3. The van der Waals surface area contributed by atoms with Crippen molar-refractivity contribution >= 4 is 15.9 Å². The molecule has 1 aromatic carbocycles. The Morgan fingerprint density at radius 3 is 2.50 bits per heavy atom. The molecule has 3 rings (SSSR count). The molecule has 0 unspecified atom stereocenters. The van der Waals surface area contributed by atoms with Gasteiger partial charge in [0.05, 0.1) is 23.6 Å². The van der Waals surface area contributed by atoms with Gasteiger partial charge in [-0.3, -0.25) is 4.79 Å². The van der Waals surface area contributed by atoms with Crippen LogP contribution in [0.1, 0.15) is 49.5 Å². The van der Waals surface area contributed by atoms with Gasteiger partial charge >= 0.3 is 0 Å². The summed E-state index contributed by atoms with van der Waals surface area (Å²) in [5, 5.41) is 2.99. The van der Waals surface area contributed by atoms with E-state index in [1.54, 1.807) is 36.4 Å². The Bertz CT molecular complexity index is 823. The van der Waals surface area contributed by atoms with Gasteiger partial charge in [0.15, 0.2) is 0 Å². The van der Waals surface area contributed by atoms with Gasteiger partial charge in [-0.1, -0.05) is 30.5 Å². The van der Waals surface area contributed by atoms with Crippen molar-refractivity contribution in [2.24, 2.45) is 0 Å². The first-order valence-electron chi connectivity index (χ1n) is 8.86. The third kappa shape index (κ3) is 4.74. The van der Waals surface area contributed by atoms with Crippen LogP contribution >= 0.6 is 0 Å². The highest BCUT2D eigenvalue weighted by Crippen LogP contribution is 2.23. The van der Waals surface area contributed by atoms with Crippen LogP contribution in [-0.4, -0.2) is 20.4 Å². The number of nitrogens with one attached hydrogen (secondary N) is 2. The molecule has 2 aromatic rings. The molecule has 140 valence electrons. The largest absolute Gasteiger partial charge is 0.468 e. The maximum Gasteiger partial charge on any atom is 0.241 e. The van der Waals surface area contributed by atoms with Gasteiger partial charge in [0.1, 0.15) is 5.76 Å². The van der Waals surface area contributed by atoms with E-state index in [9.17, 15) is 13.2 Å². The first-order chi connectivity index (χ1) is 12.4. The van der Waals surface area contributed by atoms with E-state index in [1.165, 1.54) is 6.26 Å². The van der Waals surface area contributed by atoms with Crippen molar-refractivity contribution in [2.75, 3.05) is 0 Å². The molecule has 1 saturated carbocycles. The van der Waals surface area contributed by atoms with Crippen LogP contribution in [-0.2, 0) is 14.8 Å². The first-order valence-corrected chi connectivity index (χ1v) is 10.3. The topological polar surface area (TPSA) is 88.4 Å². The SMILES string of the molecule is Cc1ccc(S(=O)(=O)N[C@H](CC(=O)NC2CCCC2)c2ccco2)cc1. The van der Waals surface area contributed by atoms with E-state index in [-0.39, 0.29) is 23.3 Å². The molecule has 0 aliphatic heterocycles. The molecular weight excluding hydrogens is 352 g/mol. The predicted octanol–water partition coefficient (Wildman–Crippen LogP) is 3.06. The lowest BCUT2D eigenvalue weighted by molar-refractivity contribution is -0.122. The van der Waals surface area contributed by atoms with Crippen LogP contribution in [0.15, 0.2) is 52.0 Å². The van der Waals surface area contributed by atoms with Gasteiger partial charge in [0.2, 0.25) is 15.9 Å². The molecule has 7 heteroatoms. The van der Waals surface area contributed by atoms with Gasteiger partial charge in [-0.25, -0.2) is 8.42 Å². The Hall–Kier alpha value is -2.12. The van der Waals surface area contributed by atoms with Crippen LogP contribution < -0.4 is 10.0 Å². The van der Waals surface area contributed by atoms with Crippen LogP contribution in [0.5, 0.6) is 0 Å². The first kappa shape index (κ1) is 18.7. The zero-order valence-electron chi connectivity index (χ0n) is 14.8. The minimum absolute atomic E-state index is 0.00486. The lowest BCUT2D eigenvalue weighted by atomic mass is 10.1. The molecule has 2 N–H and O–H groups in total. The fourth-order valence-corrected chi connectivity index (χ4v) is 4.41. The van der Waals surface area contributed by atoms with Gasteiger partial charge in [-0.05, 0) is 44.0 Å². The Labute approximate surface area is 154 Å². The summed E-state index contributed by atoms with van der Waals surface area (Å²) in [6.45, 7) is 1.89. The summed E-state index contributed by atoms with van der Waals surface area (Å²) in [4.78, 5) is 12.5. The highest BCUT2D eigenvalue weighted by Gasteiger charge is 2.27. The van der Waals surface area contributed by atoms with Crippen molar-refractivity contribution in [1.82, 2.24) is 10.0 Å². The smallest absolute Gasteiger partial charge is 0.241 e. The minimum Gasteiger partial charge on any atom is -0.468 e. The zero-order valence-corrected chi connectivity index (χ0v) is 15.6. The zero-order chi connectivity index (χ0) is 18.6. The highest BCUT2D eigenvalue weighted by molar-refractivity contribution is 7.89. The van der Waals surface area contributed by atoms with E-state index in [0.29, 0.717) is 5.76 Å². The second-order valence-electron chi connectivity index (χ2n) is 6.76. The molecule has 1 aromatic heterocycles.